The third-order valence-corrected chi connectivity index (χ3v) is 10.8. The van der Waals surface area contributed by atoms with Gasteiger partial charge in [0.25, 0.3) is 0 Å². The zero-order valence-corrected chi connectivity index (χ0v) is 29.3. The SMILES string of the molecule is C#Cc1cccc2cc(O)cc(-c3c(CCC#N)cc4c(N5CC6=CCC(C5)N6C(=O)C(F)(F)F)nc(OCC5(CN6CCOCC6)CC5)nc4c3F)c12. The van der Waals surface area contributed by atoms with Crippen molar-refractivity contribution < 1.29 is 36.9 Å². The molecular weight excluding hydrogens is 704 g/mol. The van der Waals surface area contributed by atoms with Gasteiger partial charge in [0.2, 0.25) is 0 Å². The number of rotatable bonds is 9. The van der Waals surface area contributed by atoms with Gasteiger partial charge in [-0.05, 0) is 66.5 Å². The maximum atomic E-state index is 17.5. The Bertz CT molecular complexity index is 2290. The summed E-state index contributed by atoms with van der Waals surface area (Å²) in [6, 6.07) is 11.1. The molecule has 1 atom stereocenters. The van der Waals surface area contributed by atoms with Crippen molar-refractivity contribution in [3.05, 3.63) is 65.1 Å². The van der Waals surface area contributed by atoms with E-state index in [1.54, 1.807) is 35.2 Å². The molecule has 4 aliphatic rings. The molecule has 4 heterocycles. The van der Waals surface area contributed by atoms with Gasteiger partial charge in [0, 0.05) is 65.6 Å². The fourth-order valence-electron chi connectivity index (χ4n) is 8.05. The Balaban J connectivity index is 1.27. The Morgan fingerprint density at radius 2 is 1.96 bits per heavy atom. The molecule has 54 heavy (non-hydrogen) atoms. The highest BCUT2D eigenvalue weighted by Crippen LogP contribution is 2.47. The first kappa shape index (κ1) is 35.6. The van der Waals surface area contributed by atoms with E-state index in [0.717, 1.165) is 37.4 Å². The molecule has 0 radical (unpaired) electrons. The Morgan fingerprint density at radius 3 is 2.67 bits per heavy atom. The first-order chi connectivity index (χ1) is 26.0. The van der Waals surface area contributed by atoms with Gasteiger partial charge in [0.15, 0.2) is 5.82 Å². The second kappa shape index (κ2) is 13.8. The highest BCUT2D eigenvalue weighted by Gasteiger charge is 2.50. The van der Waals surface area contributed by atoms with E-state index in [0.29, 0.717) is 40.7 Å². The van der Waals surface area contributed by atoms with Gasteiger partial charge in [0.1, 0.15) is 17.1 Å². The van der Waals surface area contributed by atoms with Gasteiger partial charge in [-0.25, -0.2) is 4.39 Å². The number of halogens is 4. The monoisotopic (exact) mass is 740 g/mol. The van der Waals surface area contributed by atoms with Crippen LogP contribution in [0, 0.1) is 34.9 Å². The summed E-state index contributed by atoms with van der Waals surface area (Å²) in [6.45, 7) is 3.90. The van der Waals surface area contributed by atoms with Crippen LogP contribution in [0.1, 0.15) is 36.8 Å². The molecule has 1 saturated carbocycles. The standard InChI is InChI=1S/C40H36F4N6O4/c1-2-24-5-3-6-25-17-29(51)19-30(32(24)25)33-26(7-4-12-45)18-31-35(34(33)41)46-38(54-23-39(10-11-39)22-48-13-15-53-16-14-48)47-36(31)49-20-27-8-9-28(21-49)50(27)37(52)40(42,43)44/h1,3,5-6,8,17-19,28,51H,4,7,9-11,13-16,20-23H2. The summed E-state index contributed by atoms with van der Waals surface area (Å²) in [5, 5.41) is 21.8. The number of amides is 1. The molecule has 278 valence electrons. The number of terminal acetylenes is 1. The van der Waals surface area contributed by atoms with E-state index in [9.17, 15) is 28.3 Å². The highest BCUT2D eigenvalue weighted by atomic mass is 19.4. The second-order valence-electron chi connectivity index (χ2n) is 14.5. The lowest BCUT2D eigenvalue weighted by Gasteiger charge is -2.40. The molecular formula is C40H36F4N6O4. The van der Waals surface area contributed by atoms with Gasteiger partial charge >= 0.3 is 18.1 Å². The number of ether oxygens (including phenoxy) is 2. The molecule has 1 amide bonds. The number of hydrogen-bond donors (Lipinski definition) is 1. The Hall–Kier alpha value is -5.44. The number of nitrogens with zero attached hydrogens (tertiary/aromatic N) is 6. The van der Waals surface area contributed by atoms with Crippen molar-refractivity contribution >= 4 is 33.4 Å². The summed E-state index contributed by atoms with van der Waals surface area (Å²) in [5.74, 6) is 0.0936. The van der Waals surface area contributed by atoms with E-state index in [2.05, 4.69) is 21.9 Å². The Morgan fingerprint density at radius 1 is 1.17 bits per heavy atom. The molecule has 2 saturated heterocycles. The van der Waals surface area contributed by atoms with Gasteiger partial charge in [-0.15, -0.1) is 6.42 Å². The summed E-state index contributed by atoms with van der Waals surface area (Å²) in [6.07, 6.45) is 4.70. The van der Waals surface area contributed by atoms with Crippen molar-refractivity contribution in [3.63, 3.8) is 0 Å². The molecule has 1 aromatic heterocycles. The van der Waals surface area contributed by atoms with Crippen LogP contribution in [-0.4, -0.2) is 95.5 Å². The first-order valence-corrected chi connectivity index (χ1v) is 17.9. The molecule has 3 aliphatic heterocycles. The second-order valence-corrected chi connectivity index (χ2v) is 14.5. The average molecular weight is 741 g/mol. The third-order valence-electron chi connectivity index (χ3n) is 10.8. The largest absolute Gasteiger partial charge is 0.508 e. The van der Waals surface area contributed by atoms with E-state index < -0.39 is 23.9 Å². The molecule has 1 unspecified atom stereocenters. The fourth-order valence-corrected chi connectivity index (χ4v) is 8.05. The van der Waals surface area contributed by atoms with E-state index >= 15 is 4.39 Å². The number of phenolic OH excluding ortho intramolecular Hbond substituents is 1. The van der Waals surface area contributed by atoms with Crippen molar-refractivity contribution in [1.82, 2.24) is 19.8 Å². The summed E-state index contributed by atoms with van der Waals surface area (Å²) >= 11 is 0. The number of morpholine rings is 1. The van der Waals surface area contributed by atoms with Crippen LogP contribution < -0.4 is 9.64 Å². The van der Waals surface area contributed by atoms with Gasteiger partial charge in [-0.1, -0.05) is 24.1 Å². The number of anilines is 1. The van der Waals surface area contributed by atoms with Crippen LogP contribution in [0.4, 0.5) is 23.4 Å². The normalized spacial score (nSPS) is 19.4. The predicted octanol–water partition coefficient (Wildman–Crippen LogP) is 6.09. The molecule has 3 aromatic carbocycles. The molecule has 14 heteroatoms. The predicted molar refractivity (Wildman–Crippen MR) is 192 cm³/mol. The number of alkyl halides is 3. The number of hydrogen-bond acceptors (Lipinski definition) is 9. The Kier molecular flexibility index (Phi) is 9.07. The summed E-state index contributed by atoms with van der Waals surface area (Å²) in [4.78, 5) is 26.7. The molecule has 2 bridgehead atoms. The van der Waals surface area contributed by atoms with E-state index in [1.807, 2.05) is 0 Å². The topological polar surface area (TPSA) is 115 Å². The number of benzene rings is 3. The number of aromatic nitrogens is 2. The van der Waals surface area contributed by atoms with E-state index in [-0.39, 0.29) is 84.1 Å². The number of aryl methyl sites for hydroxylation is 1. The van der Waals surface area contributed by atoms with Crippen LogP contribution in [-0.2, 0) is 16.0 Å². The van der Waals surface area contributed by atoms with Crippen molar-refractivity contribution in [2.24, 2.45) is 5.41 Å². The van der Waals surface area contributed by atoms with Crippen LogP contribution in [0.15, 0.2) is 48.2 Å². The first-order valence-electron chi connectivity index (χ1n) is 17.9. The van der Waals surface area contributed by atoms with Crippen LogP contribution >= 0.6 is 0 Å². The molecule has 3 fully saturated rings. The summed E-state index contributed by atoms with van der Waals surface area (Å²) in [5.41, 5.74) is 1.26. The van der Waals surface area contributed by atoms with Crippen LogP contribution in [0.5, 0.6) is 11.8 Å². The maximum Gasteiger partial charge on any atom is 0.471 e. The number of piperazine rings is 1. The zero-order chi connectivity index (χ0) is 37.8. The van der Waals surface area contributed by atoms with E-state index in [4.69, 9.17) is 20.9 Å². The van der Waals surface area contributed by atoms with Gasteiger partial charge in [-0.3, -0.25) is 9.69 Å². The minimum absolute atomic E-state index is 0.00599. The fraction of sp³-hybridized carbons (Fsp3) is 0.400. The maximum absolute atomic E-state index is 17.5. The number of carbonyl (C=O) groups is 1. The average Bonchev–Trinajstić information content (AvgIpc) is 3.87. The molecule has 10 nitrogen and oxygen atoms in total. The number of phenols is 1. The molecule has 0 spiro atoms. The minimum atomic E-state index is -5.04. The van der Waals surface area contributed by atoms with Gasteiger partial charge in [-0.2, -0.15) is 28.4 Å². The highest BCUT2D eigenvalue weighted by molar-refractivity contribution is 6.05. The van der Waals surface area contributed by atoms with Crippen molar-refractivity contribution in [3.8, 4) is 41.3 Å². The number of nitriles is 1. The smallest absolute Gasteiger partial charge is 0.471 e. The molecule has 1 aliphatic carbocycles. The van der Waals surface area contributed by atoms with Gasteiger partial charge < -0.3 is 24.4 Å². The van der Waals surface area contributed by atoms with Crippen LogP contribution in [0.2, 0.25) is 0 Å². The molecule has 4 aromatic rings. The number of fused-ring (bicyclic) bond motifs is 4. The quantitative estimate of drug-likeness (QED) is 0.161. The Labute approximate surface area is 308 Å². The molecule has 8 rings (SSSR count). The number of carbonyl (C=O) groups excluding carboxylic acids is 1. The summed E-state index contributed by atoms with van der Waals surface area (Å²) in [7, 11) is 0. The lowest BCUT2D eigenvalue weighted by atomic mass is 9.89. The number of aromatic hydroxyl groups is 1. The van der Waals surface area contributed by atoms with Crippen molar-refractivity contribution in [2.75, 3.05) is 57.4 Å². The van der Waals surface area contributed by atoms with E-state index in [1.165, 1.54) is 12.1 Å². The van der Waals surface area contributed by atoms with Crippen LogP contribution in [0.3, 0.4) is 0 Å². The lowest BCUT2D eigenvalue weighted by molar-refractivity contribution is -0.185. The third kappa shape index (κ3) is 6.54. The lowest BCUT2D eigenvalue weighted by Crippen LogP contribution is -2.54. The minimum Gasteiger partial charge on any atom is -0.508 e. The molecule has 1 N–H and O–H groups in total. The van der Waals surface area contributed by atoms with Crippen molar-refractivity contribution in [2.45, 2.75) is 44.3 Å². The summed E-state index contributed by atoms with van der Waals surface area (Å²) < 4.78 is 70.1. The zero-order valence-electron chi connectivity index (χ0n) is 29.3. The van der Waals surface area contributed by atoms with Gasteiger partial charge in [0.05, 0.1) is 38.5 Å². The van der Waals surface area contributed by atoms with Crippen LogP contribution in [0.25, 0.3) is 32.8 Å². The van der Waals surface area contributed by atoms with Crippen molar-refractivity contribution in [1.29, 1.82) is 5.26 Å².